The molecule has 134 valence electrons. The van der Waals surface area contributed by atoms with Crippen LogP contribution in [0.4, 0.5) is 5.95 Å². The van der Waals surface area contributed by atoms with Crippen LogP contribution in [0.1, 0.15) is 44.1 Å². The van der Waals surface area contributed by atoms with Crippen LogP contribution in [-0.2, 0) is 17.8 Å². The number of carbonyl (C=O) groups is 1. The van der Waals surface area contributed by atoms with Crippen molar-refractivity contribution in [2.75, 3.05) is 5.32 Å². The van der Waals surface area contributed by atoms with Gasteiger partial charge in [0, 0.05) is 12.1 Å². The fraction of sp³-hybridized carbons (Fsp3) is 0.571. The van der Waals surface area contributed by atoms with E-state index in [0.29, 0.717) is 5.95 Å². The van der Waals surface area contributed by atoms with Crippen LogP contribution in [0.3, 0.4) is 0 Å². The van der Waals surface area contributed by atoms with E-state index in [2.05, 4.69) is 33.6 Å². The van der Waals surface area contributed by atoms with Crippen LogP contribution in [0.2, 0.25) is 0 Å². The number of hydrogen-bond donors (Lipinski definition) is 1. The largest absolute Gasteiger partial charge is 0.293 e. The predicted molar refractivity (Wildman–Crippen MR) is 98.4 cm³/mol. The Hall–Kier alpha value is -2.17. The number of nitrogens with one attached hydrogen (secondary N) is 1. The van der Waals surface area contributed by atoms with Crippen LogP contribution in [0.5, 0.6) is 0 Å². The fourth-order valence-corrected chi connectivity index (χ4v) is 6.56. The van der Waals surface area contributed by atoms with Gasteiger partial charge < -0.3 is 0 Å². The minimum absolute atomic E-state index is 0.154. The van der Waals surface area contributed by atoms with E-state index < -0.39 is 0 Å². The average molecular weight is 348 g/mol. The molecule has 2 aromatic rings. The lowest BCUT2D eigenvalue weighted by atomic mass is 9.49. The molecule has 1 aliphatic heterocycles. The van der Waals surface area contributed by atoms with Gasteiger partial charge in [0.25, 0.3) is 0 Å². The lowest BCUT2D eigenvalue weighted by Gasteiger charge is -2.55. The highest BCUT2D eigenvalue weighted by Crippen LogP contribution is 2.60. The van der Waals surface area contributed by atoms with Gasteiger partial charge in [-0.3, -0.25) is 10.1 Å². The number of nitrogens with zero attached hydrogens (tertiary/aromatic N) is 3. The number of aryl methyl sites for hydroxylation is 2. The Morgan fingerprint density at radius 1 is 1.08 bits per heavy atom. The van der Waals surface area contributed by atoms with Crippen LogP contribution in [-0.4, -0.2) is 20.7 Å². The van der Waals surface area contributed by atoms with E-state index in [-0.39, 0.29) is 11.3 Å². The van der Waals surface area contributed by atoms with E-state index in [1.165, 1.54) is 24.8 Å². The van der Waals surface area contributed by atoms with E-state index >= 15 is 0 Å². The summed E-state index contributed by atoms with van der Waals surface area (Å²) in [4.78, 5) is 17.9. The van der Waals surface area contributed by atoms with Crippen LogP contribution >= 0.6 is 0 Å². The van der Waals surface area contributed by atoms with E-state index in [4.69, 9.17) is 0 Å². The first-order valence-electron chi connectivity index (χ1n) is 10.0. The Morgan fingerprint density at radius 3 is 2.50 bits per heavy atom. The zero-order chi connectivity index (χ0) is 17.3. The number of rotatable bonds is 2. The average Bonchev–Trinajstić information content (AvgIpc) is 3.03. The summed E-state index contributed by atoms with van der Waals surface area (Å²) in [5, 5.41) is 7.70. The van der Waals surface area contributed by atoms with Crippen molar-refractivity contribution in [3.05, 3.63) is 29.8 Å². The second-order valence-corrected chi connectivity index (χ2v) is 9.04. The van der Waals surface area contributed by atoms with E-state index in [1.54, 1.807) is 0 Å². The summed E-state index contributed by atoms with van der Waals surface area (Å²) in [5.41, 5.74) is 2.30. The number of aromatic nitrogens is 3. The quantitative estimate of drug-likeness (QED) is 0.901. The van der Waals surface area contributed by atoms with Crippen molar-refractivity contribution in [3.63, 3.8) is 0 Å². The van der Waals surface area contributed by atoms with Gasteiger partial charge in [0.1, 0.15) is 0 Å². The lowest BCUT2D eigenvalue weighted by molar-refractivity contribution is -0.140. The molecule has 4 saturated carbocycles. The minimum atomic E-state index is -0.154. The molecule has 2 heterocycles. The van der Waals surface area contributed by atoms with Crippen molar-refractivity contribution in [3.8, 4) is 11.4 Å². The summed E-state index contributed by atoms with van der Waals surface area (Å²) in [5.74, 6) is 3.84. The number of anilines is 1. The minimum Gasteiger partial charge on any atom is -0.293 e. The maximum Gasteiger partial charge on any atom is 0.249 e. The van der Waals surface area contributed by atoms with Gasteiger partial charge >= 0.3 is 0 Å². The zero-order valence-corrected chi connectivity index (χ0v) is 14.9. The summed E-state index contributed by atoms with van der Waals surface area (Å²) >= 11 is 0. The maximum atomic E-state index is 13.2. The summed E-state index contributed by atoms with van der Waals surface area (Å²) in [6, 6.07) is 8.36. The first kappa shape index (κ1) is 14.9. The SMILES string of the molecule is O=C(Nc1nc2n(n1)CCc1ccccc1-2)C12CC3CC(CC(C3)C1)C2. The molecular weight excluding hydrogens is 324 g/mol. The molecule has 7 rings (SSSR count). The smallest absolute Gasteiger partial charge is 0.249 e. The summed E-state index contributed by atoms with van der Waals surface area (Å²) in [7, 11) is 0. The third kappa shape index (κ3) is 2.12. The number of carbonyl (C=O) groups excluding carboxylic acids is 1. The summed E-state index contributed by atoms with van der Waals surface area (Å²) in [6.45, 7) is 0.826. The van der Waals surface area contributed by atoms with Gasteiger partial charge in [-0.05, 0) is 68.3 Å². The fourth-order valence-electron chi connectivity index (χ4n) is 6.56. The standard InChI is InChI=1S/C21H24N4O/c26-19(21-10-13-7-14(11-21)9-15(8-13)12-21)23-20-22-18-17-4-2-1-3-16(17)5-6-25(18)24-20/h1-4,13-15H,5-12H2,(H,23,24,26). The monoisotopic (exact) mass is 348 g/mol. The Morgan fingerprint density at radius 2 is 1.77 bits per heavy atom. The van der Waals surface area contributed by atoms with Crippen molar-refractivity contribution in [1.29, 1.82) is 0 Å². The third-order valence-corrected chi connectivity index (χ3v) is 7.27. The first-order chi connectivity index (χ1) is 12.7. The summed E-state index contributed by atoms with van der Waals surface area (Å²) in [6.07, 6.45) is 8.22. The normalized spacial score (nSPS) is 33.6. The molecule has 26 heavy (non-hydrogen) atoms. The molecular formula is C21H24N4O. The molecule has 1 N–H and O–H groups in total. The number of hydrogen-bond acceptors (Lipinski definition) is 3. The van der Waals surface area contributed by atoms with Crippen LogP contribution in [0, 0.1) is 23.2 Å². The number of benzene rings is 1. The highest BCUT2D eigenvalue weighted by atomic mass is 16.2. The molecule has 5 nitrogen and oxygen atoms in total. The molecule has 1 aromatic carbocycles. The van der Waals surface area contributed by atoms with Gasteiger partial charge in [-0.2, -0.15) is 4.98 Å². The molecule has 4 bridgehead atoms. The predicted octanol–water partition coefficient (Wildman–Crippen LogP) is 3.66. The highest BCUT2D eigenvalue weighted by molar-refractivity contribution is 5.94. The van der Waals surface area contributed by atoms with E-state index in [9.17, 15) is 4.79 Å². The molecule has 1 amide bonds. The van der Waals surface area contributed by atoms with Crippen LogP contribution in [0.25, 0.3) is 11.4 Å². The molecule has 0 radical (unpaired) electrons. The van der Waals surface area contributed by atoms with E-state index in [0.717, 1.165) is 61.4 Å². The van der Waals surface area contributed by atoms with Crippen LogP contribution < -0.4 is 5.32 Å². The van der Waals surface area contributed by atoms with Gasteiger partial charge in [0.15, 0.2) is 5.82 Å². The molecule has 1 aromatic heterocycles. The van der Waals surface area contributed by atoms with Crippen molar-refractivity contribution >= 4 is 11.9 Å². The second-order valence-electron chi connectivity index (χ2n) is 9.04. The molecule has 5 heteroatoms. The second kappa shape index (κ2) is 5.18. The number of fused-ring (bicyclic) bond motifs is 3. The number of amides is 1. The highest BCUT2D eigenvalue weighted by Gasteiger charge is 2.54. The zero-order valence-electron chi connectivity index (χ0n) is 14.9. The summed E-state index contributed by atoms with van der Waals surface area (Å²) < 4.78 is 1.94. The Bertz CT molecular complexity index is 864. The Labute approximate surface area is 153 Å². The Balaban J connectivity index is 1.29. The molecule has 4 fully saturated rings. The molecule has 0 saturated heterocycles. The van der Waals surface area contributed by atoms with Gasteiger partial charge in [-0.15, -0.1) is 5.10 Å². The molecule has 4 aliphatic carbocycles. The van der Waals surface area contributed by atoms with Crippen molar-refractivity contribution in [2.45, 2.75) is 51.5 Å². The van der Waals surface area contributed by atoms with Gasteiger partial charge in [-0.1, -0.05) is 24.3 Å². The van der Waals surface area contributed by atoms with Crippen molar-refractivity contribution in [1.82, 2.24) is 14.8 Å². The maximum absolute atomic E-state index is 13.2. The van der Waals surface area contributed by atoms with Gasteiger partial charge in [-0.25, -0.2) is 4.68 Å². The molecule has 5 aliphatic rings. The van der Waals surface area contributed by atoms with Crippen molar-refractivity contribution in [2.24, 2.45) is 23.2 Å². The molecule has 0 spiro atoms. The Kier molecular flexibility index (Phi) is 2.98. The van der Waals surface area contributed by atoms with Gasteiger partial charge in [0.05, 0.1) is 5.41 Å². The van der Waals surface area contributed by atoms with Crippen LogP contribution in [0.15, 0.2) is 24.3 Å². The topological polar surface area (TPSA) is 59.8 Å². The van der Waals surface area contributed by atoms with Crippen molar-refractivity contribution < 1.29 is 4.79 Å². The first-order valence-corrected chi connectivity index (χ1v) is 10.0. The lowest BCUT2D eigenvalue weighted by Crippen LogP contribution is -2.51. The molecule has 0 atom stereocenters. The van der Waals surface area contributed by atoms with Gasteiger partial charge in [0.2, 0.25) is 11.9 Å². The molecule has 0 unspecified atom stereocenters. The third-order valence-electron chi connectivity index (χ3n) is 7.27. The van der Waals surface area contributed by atoms with E-state index in [1.807, 2.05) is 10.7 Å².